The van der Waals surface area contributed by atoms with Gasteiger partial charge in [-0.2, -0.15) is 12.6 Å². The fourth-order valence-corrected chi connectivity index (χ4v) is 2.19. The number of hydrogen-bond acceptors (Lipinski definition) is 3. The molecule has 2 N–H and O–H groups in total. The van der Waals surface area contributed by atoms with E-state index in [0.29, 0.717) is 12.3 Å². The molecule has 1 atom stereocenters. The number of amides is 1. The molecule has 0 aliphatic carbocycles. The number of nitrogen functional groups attached to an aromatic ring is 1. The van der Waals surface area contributed by atoms with E-state index in [0.717, 1.165) is 29.2 Å². The third-order valence-corrected chi connectivity index (χ3v) is 3.55. The number of aryl methyl sites for hydroxylation is 1. The highest BCUT2D eigenvalue weighted by molar-refractivity contribution is 7.80. The minimum absolute atomic E-state index is 0.169. The number of hydrogen-bond donors (Lipinski definition) is 2. The molecule has 1 saturated heterocycles. The van der Waals surface area contributed by atoms with Crippen molar-refractivity contribution < 1.29 is 4.79 Å². The summed E-state index contributed by atoms with van der Waals surface area (Å²) < 4.78 is 0. The third-order valence-electron chi connectivity index (χ3n) is 3.04. The second-order valence-electron chi connectivity index (χ2n) is 4.30. The second-order valence-corrected chi connectivity index (χ2v) is 4.66. The summed E-state index contributed by atoms with van der Waals surface area (Å²) in [7, 11) is 0. The Morgan fingerprint density at radius 1 is 1.56 bits per heavy atom. The zero-order valence-electron chi connectivity index (χ0n) is 9.31. The van der Waals surface area contributed by atoms with Crippen molar-refractivity contribution in [2.24, 2.45) is 5.92 Å². The van der Waals surface area contributed by atoms with E-state index in [1.54, 1.807) is 4.90 Å². The first-order valence-electron chi connectivity index (χ1n) is 5.39. The van der Waals surface area contributed by atoms with Crippen molar-refractivity contribution in [1.29, 1.82) is 0 Å². The lowest BCUT2D eigenvalue weighted by Gasteiger charge is -2.17. The van der Waals surface area contributed by atoms with E-state index in [9.17, 15) is 4.79 Å². The number of nitrogens with zero attached hydrogens (tertiary/aromatic N) is 1. The Hall–Kier alpha value is -1.16. The monoisotopic (exact) mass is 236 g/mol. The maximum absolute atomic E-state index is 11.8. The predicted octanol–water partition coefficient (Wildman–Crippen LogP) is 1.86. The number of carbonyl (C=O) groups is 1. The SMILES string of the molecule is Cc1ccc(N2CC(CS)CC2=O)cc1N. The lowest BCUT2D eigenvalue weighted by Crippen LogP contribution is -2.24. The molecule has 1 aliphatic heterocycles. The maximum Gasteiger partial charge on any atom is 0.227 e. The summed E-state index contributed by atoms with van der Waals surface area (Å²) in [6.45, 7) is 2.71. The molecular formula is C12H16N2OS. The van der Waals surface area contributed by atoms with Crippen LogP contribution in [0.15, 0.2) is 18.2 Å². The van der Waals surface area contributed by atoms with Crippen LogP contribution in [0.3, 0.4) is 0 Å². The molecule has 16 heavy (non-hydrogen) atoms. The zero-order chi connectivity index (χ0) is 11.7. The van der Waals surface area contributed by atoms with Crippen molar-refractivity contribution in [2.45, 2.75) is 13.3 Å². The molecule has 0 radical (unpaired) electrons. The minimum Gasteiger partial charge on any atom is -0.398 e. The average Bonchev–Trinajstić information content (AvgIpc) is 2.64. The van der Waals surface area contributed by atoms with Gasteiger partial charge in [-0.25, -0.2) is 0 Å². The first kappa shape index (κ1) is 11.3. The molecule has 4 heteroatoms. The van der Waals surface area contributed by atoms with E-state index >= 15 is 0 Å². The summed E-state index contributed by atoms with van der Waals surface area (Å²) in [4.78, 5) is 13.6. The largest absolute Gasteiger partial charge is 0.398 e. The van der Waals surface area contributed by atoms with E-state index in [-0.39, 0.29) is 5.91 Å². The Morgan fingerprint density at radius 2 is 2.31 bits per heavy atom. The van der Waals surface area contributed by atoms with Gasteiger partial charge in [0.15, 0.2) is 0 Å². The van der Waals surface area contributed by atoms with Crippen molar-refractivity contribution in [3.8, 4) is 0 Å². The fraction of sp³-hybridized carbons (Fsp3) is 0.417. The number of thiol groups is 1. The molecule has 1 aliphatic rings. The molecule has 1 aromatic carbocycles. The Balaban J connectivity index is 2.24. The Labute approximate surface area is 101 Å². The second kappa shape index (κ2) is 4.37. The molecule has 0 spiro atoms. The number of carbonyl (C=O) groups excluding carboxylic acids is 1. The molecule has 1 amide bonds. The molecule has 0 bridgehead atoms. The van der Waals surface area contributed by atoms with E-state index in [1.807, 2.05) is 25.1 Å². The van der Waals surface area contributed by atoms with Crippen LogP contribution in [0, 0.1) is 12.8 Å². The van der Waals surface area contributed by atoms with Crippen LogP contribution in [0.4, 0.5) is 11.4 Å². The van der Waals surface area contributed by atoms with Crippen LogP contribution in [0.2, 0.25) is 0 Å². The van der Waals surface area contributed by atoms with Crippen LogP contribution in [0.1, 0.15) is 12.0 Å². The van der Waals surface area contributed by atoms with Gasteiger partial charge in [0.25, 0.3) is 0 Å². The van der Waals surface area contributed by atoms with E-state index < -0.39 is 0 Å². The molecule has 3 nitrogen and oxygen atoms in total. The van der Waals surface area contributed by atoms with Crippen LogP contribution in [0.25, 0.3) is 0 Å². The number of rotatable bonds is 2. The Morgan fingerprint density at radius 3 is 2.88 bits per heavy atom. The summed E-state index contributed by atoms with van der Waals surface area (Å²) in [5.41, 5.74) is 8.53. The smallest absolute Gasteiger partial charge is 0.227 e. The summed E-state index contributed by atoms with van der Waals surface area (Å²) in [6, 6.07) is 5.77. The summed E-state index contributed by atoms with van der Waals surface area (Å²) >= 11 is 4.24. The lowest BCUT2D eigenvalue weighted by molar-refractivity contribution is -0.117. The van der Waals surface area contributed by atoms with Gasteiger partial charge in [-0.1, -0.05) is 6.07 Å². The van der Waals surface area contributed by atoms with Gasteiger partial charge in [0.1, 0.15) is 0 Å². The van der Waals surface area contributed by atoms with E-state index in [1.165, 1.54) is 0 Å². The van der Waals surface area contributed by atoms with Crippen LogP contribution in [-0.2, 0) is 4.79 Å². The van der Waals surface area contributed by atoms with E-state index in [4.69, 9.17) is 5.73 Å². The highest BCUT2D eigenvalue weighted by atomic mass is 32.1. The minimum atomic E-state index is 0.169. The topological polar surface area (TPSA) is 46.3 Å². The standard InChI is InChI=1S/C12H16N2OS/c1-8-2-3-10(5-11(8)13)14-6-9(7-16)4-12(14)15/h2-3,5,9,16H,4,6-7,13H2,1H3. The molecule has 1 fully saturated rings. The number of benzene rings is 1. The summed E-state index contributed by atoms with van der Waals surface area (Å²) in [6.07, 6.45) is 0.595. The summed E-state index contributed by atoms with van der Waals surface area (Å²) in [5.74, 6) is 1.28. The van der Waals surface area contributed by atoms with Gasteiger partial charge in [-0.15, -0.1) is 0 Å². The van der Waals surface area contributed by atoms with Gasteiger partial charge in [-0.05, 0) is 36.3 Å². The van der Waals surface area contributed by atoms with Crippen LogP contribution in [0.5, 0.6) is 0 Å². The molecule has 2 rings (SSSR count). The molecule has 86 valence electrons. The normalized spacial score (nSPS) is 20.5. The van der Waals surface area contributed by atoms with Crippen molar-refractivity contribution in [1.82, 2.24) is 0 Å². The average molecular weight is 236 g/mol. The van der Waals surface area contributed by atoms with Crippen molar-refractivity contribution >= 4 is 29.9 Å². The van der Waals surface area contributed by atoms with Crippen molar-refractivity contribution in [3.63, 3.8) is 0 Å². The van der Waals surface area contributed by atoms with Gasteiger partial charge < -0.3 is 10.6 Å². The van der Waals surface area contributed by atoms with Crippen LogP contribution < -0.4 is 10.6 Å². The van der Waals surface area contributed by atoms with Gasteiger partial charge in [0, 0.05) is 24.3 Å². The first-order valence-corrected chi connectivity index (χ1v) is 6.02. The first-order chi connectivity index (χ1) is 7.61. The maximum atomic E-state index is 11.8. The van der Waals surface area contributed by atoms with Gasteiger partial charge in [-0.3, -0.25) is 4.79 Å². The molecule has 0 aromatic heterocycles. The number of anilines is 2. The quantitative estimate of drug-likeness (QED) is 0.608. The molecule has 1 unspecified atom stereocenters. The van der Waals surface area contributed by atoms with E-state index in [2.05, 4.69) is 12.6 Å². The Bertz CT molecular complexity index is 419. The van der Waals surface area contributed by atoms with Crippen LogP contribution >= 0.6 is 12.6 Å². The zero-order valence-corrected chi connectivity index (χ0v) is 10.2. The molecule has 1 aromatic rings. The third kappa shape index (κ3) is 2.02. The molecule has 0 saturated carbocycles. The highest BCUT2D eigenvalue weighted by Crippen LogP contribution is 2.28. The van der Waals surface area contributed by atoms with Crippen LogP contribution in [-0.4, -0.2) is 18.2 Å². The molecular weight excluding hydrogens is 220 g/mol. The highest BCUT2D eigenvalue weighted by Gasteiger charge is 2.29. The van der Waals surface area contributed by atoms with Gasteiger partial charge in [0.2, 0.25) is 5.91 Å². The number of nitrogens with two attached hydrogens (primary N) is 1. The molecule has 1 heterocycles. The van der Waals surface area contributed by atoms with Gasteiger partial charge >= 0.3 is 0 Å². The lowest BCUT2D eigenvalue weighted by atomic mass is 10.1. The predicted molar refractivity (Wildman–Crippen MR) is 69.9 cm³/mol. The summed E-state index contributed by atoms with van der Waals surface area (Å²) in [5, 5.41) is 0. The van der Waals surface area contributed by atoms with Crippen molar-refractivity contribution in [3.05, 3.63) is 23.8 Å². The van der Waals surface area contributed by atoms with Crippen molar-refractivity contribution in [2.75, 3.05) is 22.9 Å². The fourth-order valence-electron chi connectivity index (χ4n) is 1.95. The van der Waals surface area contributed by atoms with Gasteiger partial charge in [0.05, 0.1) is 0 Å². The Kier molecular flexibility index (Phi) is 3.10.